The molecule has 0 radical (unpaired) electrons. The molecule has 4 nitrogen and oxygen atoms in total. The minimum Gasteiger partial charge on any atom is -0.455 e. The minimum absolute atomic E-state index is 0.0612. The highest BCUT2D eigenvalue weighted by Gasteiger charge is 2.40. The molecule has 2 rings (SSSR count). The number of ether oxygens (including phenoxy) is 1. The average Bonchev–Trinajstić information content (AvgIpc) is 3.13. The van der Waals surface area contributed by atoms with Crippen molar-refractivity contribution in [3.8, 4) is 0 Å². The molecule has 0 bridgehead atoms. The van der Waals surface area contributed by atoms with Gasteiger partial charge in [0.1, 0.15) is 0 Å². The van der Waals surface area contributed by atoms with E-state index in [9.17, 15) is 9.59 Å². The molecular weight excluding hydrogens is 301 g/mol. The van der Waals surface area contributed by atoms with Gasteiger partial charge in [-0.15, -0.1) is 0 Å². The van der Waals surface area contributed by atoms with Gasteiger partial charge in [-0.1, -0.05) is 36.2 Å². The first-order valence-corrected chi connectivity index (χ1v) is 7.07. The molecule has 0 unspecified atom stereocenters. The number of benzene rings is 1. The van der Waals surface area contributed by atoms with Crippen LogP contribution in [0.25, 0.3) is 0 Å². The fourth-order valence-corrected chi connectivity index (χ4v) is 2.31. The molecule has 0 aromatic heterocycles. The normalized spacial score (nSPS) is 20.4. The van der Waals surface area contributed by atoms with Gasteiger partial charge < -0.3 is 10.1 Å². The van der Waals surface area contributed by atoms with E-state index < -0.39 is 5.91 Å². The number of anilines is 1. The number of hydrogen-bond acceptors (Lipinski definition) is 3. The largest absolute Gasteiger partial charge is 0.455 e. The van der Waals surface area contributed by atoms with Crippen LogP contribution >= 0.6 is 23.2 Å². The van der Waals surface area contributed by atoms with Crippen molar-refractivity contribution in [3.05, 3.63) is 27.7 Å². The molecule has 1 amide bonds. The number of halogens is 2. The van der Waals surface area contributed by atoms with E-state index in [1.807, 2.05) is 13.8 Å². The van der Waals surface area contributed by atoms with Crippen LogP contribution < -0.4 is 5.32 Å². The second-order valence-electron chi connectivity index (χ2n) is 5.03. The van der Waals surface area contributed by atoms with Crippen molar-refractivity contribution in [2.75, 3.05) is 11.9 Å². The SMILES string of the molecule is Cc1ccc(Cl)c(NC(=O)COC(=O)[C@H]2C[C@H]2C)c1Cl. The summed E-state index contributed by atoms with van der Waals surface area (Å²) in [6, 6.07) is 3.41. The van der Waals surface area contributed by atoms with Crippen LogP contribution in [0.5, 0.6) is 0 Å². The number of carbonyl (C=O) groups is 2. The zero-order chi connectivity index (χ0) is 14.9. The van der Waals surface area contributed by atoms with E-state index in [0.29, 0.717) is 21.7 Å². The van der Waals surface area contributed by atoms with E-state index in [4.69, 9.17) is 27.9 Å². The highest BCUT2D eigenvalue weighted by Crippen LogP contribution is 2.38. The van der Waals surface area contributed by atoms with E-state index in [1.54, 1.807) is 12.1 Å². The van der Waals surface area contributed by atoms with Crippen LogP contribution in [0.2, 0.25) is 10.0 Å². The number of aryl methyl sites for hydroxylation is 1. The lowest BCUT2D eigenvalue weighted by molar-refractivity contribution is -0.148. The van der Waals surface area contributed by atoms with Crippen LogP contribution in [0.15, 0.2) is 12.1 Å². The Balaban J connectivity index is 1.92. The maximum Gasteiger partial charge on any atom is 0.309 e. The Hall–Kier alpha value is -1.26. The topological polar surface area (TPSA) is 55.4 Å². The molecule has 1 aromatic carbocycles. The second-order valence-corrected chi connectivity index (χ2v) is 5.81. The van der Waals surface area contributed by atoms with Crippen molar-refractivity contribution in [2.45, 2.75) is 20.3 Å². The van der Waals surface area contributed by atoms with Gasteiger partial charge in [0.05, 0.1) is 21.7 Å². The van der Waals surface area contributed by atoms with Crippen molar-refractivity contribution in [2.24, 2.45) is 11.8 Å². The van der Waals surface area contributed by atoms with Gasteiger partial charge >= 0.3 is 5.97 Å². The maximum absolute atomic E-state index is 11.8. The molecule has 108 valence electrons. The van der Waals surface area contributed by atoms with Gasteiger partial charge in [-0.25, -0.2) is 0 Å². The fraction of sp³-hybridized carbons (Fsp3) is 0.429. The summed E-state index contributed by atoms with van der Waals surface area (Å²) < 4.78 is 4.94. The molecule has 6 heteroatoms. The third-order valence-corrected chi connectivity index (χ3v) is 4.11. The van der Waals surface area contributed by atoms with Gasteiger partial charge in [-0.3, -0.25) is 9.59 Å². The Morgan fingerprint density at radius 3 is 2.65 bits per heavy atom. The predicted octanol–water partition coefficient (Wildman–Crippen LogP) is 3.44. The molecule has 0 aliphatic heterocycles. The van der Waals surface area contributed by atoms with Crippen molar-refractivity contribution in [1.29, 1.82) is 0 Å². The molecule has 1 aliphatic rings. The monoisotopic (exact) mass is 315 g/mol. The molecule has 20 heavy (non-hydrogen) atoms. The van der Waals surface area contributed by atoms with Crippen LogP contribution in [0.3, 0.4) is 0 Å². The zero-order valence-electron chi connectivity index (χ0n) is 11.2. The molecule has 1 aliphatic carbocycles. The fourth-order valence-electron chi connectivity index (χ4n) is 1.84. The van der Waals surface area contributed by atoms with E-state index in [2.05, 4.69) is 5.32 Å². The summed E-state index contributed by atoms with van der Waals surface area (Å²) in [5.41, 5.74) is 1.14. The molecule has 1 aromatic rings. The third kappa shape index (κ3) is 3.44. The maximum atomic E-state index is 11.8. The first-order valence-electron chi connectivity index (χ1n) is 6.31. The minimum atomic E-state index is -0.457. The van der Waals surface area contributed by atoms with Gasteiger partial charge in [0.2, 0.25) is 0 Å². The molecule has 0 heterocycles. The summed E-state index contributed by atoms with van der Waals surface area (Å²) >= 11 is 12.1. The van der Waals surface area contributed by atoms with Gasteiger partial charge in [-0.2, -0.15) is 0 Å². The molecule has 2 atom stereocenters. The molecular formula is C14H15Cl2NO3. The number of rotatable bonds is 4. The Morgan fingerprint density at radius 2 is 2.05 bits per heavy atom. The molecule has 0 saturated heterocycles. The van der Waals surface area contributed by atoms with E-state index in [1.165, 1.54) is 0 Å². The van der Waals surface area contributed by atoms with Gasteiger partial charge in [0, 0.05) is 0 Å². The quantitative estimate of drug-likeness (QED) is 0.866. The standard InChI is InChI=1S/C14H15Cl2NO3/c1-7-3-4-10(15)13(12(7)16)17-11(18)6-20-14(19)9-5-8(9)2/h3-4,8-9H,5-6H2,1-2H3,(H,17,18)/t8-,9+/m1/s1. The molecule has 1 saturated carbocycles. The lowest BCUT2D eigenvalue weighted by Gasteiger charge is -2.11. The van der Waals surface area contributed by atoms with Gasteiger partial charge in [-0.05, 0) is 30.9 Å². The second kappa shape index (κ2) is 6.02. The Morgan fingerprint density at radius 1 is 1.40 bits per heavy atom. The van der Waals surface area contributed by atoms with Gasteiger partial charge in [0.25, 0.3) is 5.91 Å². The van der Waals surface area contributed by atoms with Crippen molar-refractivity contribution >= 4 is 40.8 Å². The summed E-state index contributed by atoms with van der Waals surface area (Å²) in [6.45, 7) is 3.45. The van der Waals surface area contributed by atoms with Crippen LogP contribution in [-0.4, -0.2) is 18.5 Å². The molecule has 1 N–H and O–H groups in total. The average molecular weight is 316 g/mol. The Kier molecular flexibility index (Phi) is 4.55. The number of hydrogen-bond donors (Lipinski definition) is 1. The van der Waals surface area contributed by atoms with Gasteiger partial charge in [0.15, 0.2) is 6.61 Å². The summed E-state index contributed by atoms with van der Waals surface area (Å²) in [5.74, 6) is -0.490. The molecule has 0 spiro atoms. The lowest BCUT2D eigenvalue weighted by Crippen LogP contribution is -2.22. The van der Waals surface area contributed by atoms with E-state index in [0.717, 1.165) is 12.0 Å². The Labute approximate surface area is 127 Å². The first kappa shape index (κ1) is 15.1. The lowest BCUT2D eigenvalue weighted by atomic mass is 10.2. The smallest absolute Gasteiger partial charge is 0.309 e. The van der Waals surface area contributed by atoms with Crippen LogP contribution in [0.1, 0.15) is 18.9 Å². The first-order chi connectivity index (χ1) is 9.40. The number of esters is 1. The highest BCUT2D eigenvalue weighted by molar-refractivity contribution is 6.40. The Bertz CT molecular complexity index is 560. The van der Waals surface area contributed by atoms with E-state index in [-0.39, 0.29) is 18.5 Å². The summed E-state index contributed by atoms with van der Waals surface area (Å²) in [7, 11) is 0. The number of carbonyl (C=O) groups excluding carboxylic acids is 2. The molecule has 1 fully saturated rings. The summed E-state index contributed by atoms with van der Waals surface area (Å²) in [5, 5.41) is 3.29. The summed E-state index contributed by atoms with van der Waals surface area (Å²) in [6.07, 6.45) is 0.829. The van der Waals surface area contributed by atoms with Crippen molar-refractivity contribution < 1.29 is 14.3 Å². The summed E-state index contributed by atoms with van der Waals surface area (Å²) in [4.78, 5) is 23.3. The van der Waals surface area contributed by atoms with Crippen LogP contribution in [0.4, 0.5) is 5.69 Å². The van der Waals surface area contributed by atoms with Crippen LogP contribution in [0, 0.1) is 18.8 Å². The number of nitrogens with one attached hydrogen (secondary N) is 1. The number of amides is 1. The zero-order valence-corrected chi connectivity index (χ0v) is 12.7. The van der Waals surface area contributed by atoms with E-state index >= 15 is 0 Å². The van der Waals surface area contributed by atoms with Crippen LogP contribution in [-0.2, 0) is 14.3 Å². The predicted molar refractivity (Wildman–Crippen MR) is 78.1 cm³/mol. The van der Waals surface area contributed by atoms with Crippen molar-refractivity contribution in [1.82, 2.24) is 0 Å². The van der Waals surface area contributed by atoms with Crippen molar-refractivity contribution in [3.63, 3.8) is 0 Å². The highest BCUT2D eigenvalue weighted by atomic mass is 35.5. The third-order valence-electron chi connectivity index (χ3n) is 3.31.